The molecule has 33 heavy (non-hydrogen) atoms. The van der Waals surface area contributed by atoms with Gasteiger partial charge in [-0.25, -0.2) is 4.79 Å². The van der Waals surface area contributed by atoms with E-state index >= 15 is 0 Å². The minimum absolute atomic E-state index is 0. The number of nitrogens with two attached hydrogens (primary N) is 1. The Morgan fingerprint density at radius 2 is 1.76 bits per heavy atom. The van der Waals surface area contributed by atoms with Crippen LogP contribution >= 0.6 is 24.0 Å². The molecule has 9 heteroatoms. The molecule has 8 nitrogen and oxygen atoms in total. The molecule has 3 rings (SSSR count). The number of benzene rings is 1. The molecule has 2 amide bonds. The summed E-state index contributed by atoms with van der Waals surface area (Å²) in [7, 11) is 1.78. The van der Waals surface area contributed by atoms with Gasteiger partial charge in [-0.3, -0.25) is 9.79 Å². The first kappa shape index (κ1) is 27.2. The number of nitrogens with zero attached hydrogens (tertiary/aromatic N) is 3. The standard InChI is InChI=1S/C24H37N5O3.HI/c1-24(2,3)32-23(31)29(16-18-5-6-18)20-11-13-28(14-12-20)22(26-4)27-15-17-7-9-19(10-8-17)21(25)30;/h7-10,18,20H,5-6,11-16H2,1-4H3,(H2,25,30)(H,26,27);1H. The molecule has 0 aromatic heterocycles. The quantitative estimate of drug-likeness (QED) is 0.309. The lowest BCUT2D eigenvalue weighted by molar-refractivity contribution is 0.00927. The van der Waals surface area contributed by atoms with Gasteiger partial charge >= 0.3 is 6.09 Å². The van der Waals surface area contributed by atoms with Gasteiger partial charge in [0, 0.05) is 44.8 Å². The maximum absolute atomic E-state index is 12.8. The van der Waals surface area contributed by atoms with Gasteiger partial charge in [-0.2, -0.15) is 0 Å². The molecule has 0 bridgehead atoms. The number of carbonyl (C=O) groups is 2. The summed E-state index contributed by atoms with van der Waals surface area (Å²) in [6.07, 6.45) is 3.99. The van der Waals surface area contributed by atoms with Crippen LogP contribution in [0.1, 0.15) is 62.4 Å². The van der Waals surface area contributed by atoms with E-state index in [0.29, 0.717) is 18.0 Å². The fraction of sp³-hybridized carbons (Fsp3) is 0.625. The fourth-order valence-corrected chi connectivity index (χ4v) is 3.96. The second-order valence-electron chi connectivity index (χ2n) is 9.76. The van der Waals surface area contributed by atoms with Crippen molar-refractivity contribution in [3.8, 4) is 0 Å². The molecule has 1 saturated carbocycles. The van der Waals surface area contributed by atoms with Gasteiger partial charge in [-0.15, -0.1) is 24.0 Å². The number of carbonyl (C=O) groups excluding carboxylic acids is 2. The van der Waals surface area contributed by atoms with E-state index in [1.807, 2.05) is 37.8 Å². The molecule has 1 saturated heterocycles. The largest absolute Gasteiger partial charge is 0.444 e. The van der Waals surface area contributed by atoms with Crippen LogP contribution < -0.4 is 11.1 Å². The topological polar surface area (TPSA) is 100 Å². The Kier molecular flexibility index (Phi) is 9.81. The van der Waals surface area contributed by atoms with Crippen LogP contribution in [0.4, 0.5) is 4.79 Å². The van der Waals surface area contributed by atoms with E-state index in [9.17, 15) is 9.59 Å². The first-order valence-electron chi connectivity index (χ1n) is 11.5. The van der Waals surface area contributed by atoms with Gasteiger partial charge in [0.05, 0.1) is 0 Å². The van der Waals surface area contributed by atoms with Crippen molar-refractivity contribution in [2.45, 2.75) is 64.6 Å². The van der Waals surface area contributed by atoms with Gasteiger partial charge in [0.2, 0.25) is 5.91 Å². The van der Waals surface area contributed by atoms with E-state index in [0.717, 1.165) is 44.0 Å². The molecule has 2 fully saturated rings. The van der Waals surface area contributed by atoms with Crippen molar-refractivity contribution in [2.24, 2.45) is 16.6 Å². The number of aliphatic imine (C=N–C) groups is 1. The molecule has 0 radical (unpaired) electrons. The van der Waals surface area contributed by atoms with Crippen molar-refractivity contribution < 1.29 is 14.3 Å². The van der Waals surface area contributed by atoms with Crippen LogP contribution in [0.3, 0.4) is 0 Å². The third-order valence-corrected chi connectivity index (χ3v) is 5.89. The first-order valence-corrected chi connectivity index (χ1v) is 11.5. The smallest absolute Gasteiger partial charge is 0.410 e. The predicted molar refractivity (Wildman–Crippen MR) is 141 cm³/mol. The molecule has 1 aliphatic carbocycles. The number of primary amides is 1. The number of amides is 2. The van der Waals surface area contributed by atoms with Gasteiger partial charge in [0.25, 0.3) is 0 Å². The highest BCUT2D eigenvalue weighted by Crippen LogP contribution is 2.32. The Hall–Kier alpha value is -2.04. The van der Waals surface area contributed by atoms with E-state index in [1.165, 1.54) is 12.8 Å². The molecule has 1 aromatic carbocycles. The van der Waals surface area contributed by atoms with Crippen LogP contribution in [0.2, 0.25) is 0 Å². The number of ether oxygens (including phenoxy) is 1. The van der Waals surface area contributed by atoms with E-state index < -0.39 is 11.5 Å². The lowest BCUT2D eigenvalue weighted by atomic mass is 10.0. The van der Waals surface area contributed by atoms with Crippen molar-refractivity contribution in [1.29, 1.82) is 0 Å². The summed E-state index contributed by atoms with van der Waals surface area (Å²) in [5, 5.41) is 3.40. The minimum Gasteiger partial charge on any atom is -0.444 e. The molecule has 1 heterocycles. The van der Waals surface area contributed by atoms with Crippen LogP contribution in [0.5, 0.6) is 0 Å². The van der Waals surface area contributed by atoms with E-state index in [1.54, 1.807) is 19.2 Å². The van der Waals surface area contributed by atoms with Gasteiger partial charge in [-0.1, -0.05) is 12.1 Å². The predicted octanol–water partition coefficient (Wildman–Crippen LogP) is 3.59. The van der Waals surface area contributed by atoms with Crippen LogP contribution in [0.15, 0.2) is 29.3 Å². The van der Waals surface area contributed by atoms with Crippen molar-refractivity contribution >= 4 is 41.9 Å². The highest BCUT2D eigenvalue weighted by Gasteiger charge is 2.35. The molecule has 1 aliphatic heterocycles. The van der Waals surface area contributed by atoms with Crippen molar-refractivity contribution in [3.63, 3.8) is 0 Å². The number of guanidine groups is 1. The summed E-state index contributed by atoms with van der Waals surface area (Å²) in [5.41, 5.74) is 6.37. The zero-order valence-corrected chi connectivity index (χ0v) is 22.5. The van der Waals surface area contributed by atoms with Crippen molar-refractivity contribution in [1.82, 2.24) is 15.1 Å². The second kappa shape index (κ2) is 11.9. The number of halogens is 1. The maximum atomic E-state index is 12.8. The molecule has 0 spiro atoms. The zero-order valence-electron chi connectivity index (χ0n) is 20.2. The van der Waals surface area contributed by atoms with E-state index in [4.69, 9.17) is 10.5 Å². The van der Waals surface area contributed by atoms with Crippen LogP contribution in [0.25, 0.3) is 0 Å². The van der Waals surface area contributed by atoms with Gasteiger partial charge in [0.15, 0.2) is 5.96 Å². The lowest BCUT2D eigenvalue weighted by Crippen LogP contribution is -2.52. The molecule has 0 unspecified atom stereocenters. The summed E-state index contributed by atoms with van der Waals surface area (Å²) in [5.74, 6) is 1.04. The van der Waals surface area contributed by atoms with Gasteiger partial charge in [0.1, 0.15) is 5.60 Å². The summed E-state index contributed by atoms with van der Waals surface area (Å²) >= 11 is 0. The summed E-state index contributed by atoms with van der Waals surface area (Å²) in [6, 6.07) is 7.45. The molecule has 3 N–H and O–H groups in total. The summed E-state index contributed by atoms with van der Waals surface area (Å²) in [6.45, 7) is 8.81. The Labute approximate surface area is 214 Å². The lowest BCUT2D eigenvalue weighted by Gasteiger charge is -2.40. The third kappa shape index (κ3) is 8.35. The molecule has 0 atom stereocenters. The van der Waals surface area contributed by atoms with E-state index in [2.05, 4.69) is 15.2 Å². The van der Waals surface area contributed by atoms with Gasteiger partial charge < -0.3 is 25.6 Å². The Morgan fingerprint density at radius 3 is 2.24 bits per heavy atom. The van der Waals surface area contributed by atoms with Crippen LogP contribution in [-0.4, -0.2) is 66.1 Å². The molecular formula is C24H38IN5O3. The third-order valence-electron chi connectivity index (χ3n) is 5.89. The summed E-state index contributed by atoms with van der Waals surface area (Å²) in [4.78, 5) is 32.7. The van der Waals surface area contributed by atoms with Crippen molar-refractivity contribution in [2.75, 3.05) is 26.7 Å². The SMILES string of the molecule is CN=C(NCc1ccc(C(N)=O)cc1)N1CCC(N(CC2CC2)C(=O)OC(C)(C)C)CC1.I. The highest BCUT2D eigenvalue weighted by atomic mass is 127. The Morgan fingerprint density at radius 1 is 1.15 bits per heavy atom. The normalized spacial score (nSPS) is 17.2. The number of rotatable bonds is 6. The minimum atomic E-state index is -0.485. The average Bonchev–Trinajstić information content (AvgIpc) is 3.56. The molecular weight excluding hydrogens is 533 g/mol. The fourth-order valence-electron chi connectivity index (χ4n) is 3.96. The van der Waals surface area contributed by atoms with Crippen LogP contribution in [0, 0.1) is 5.92 Å². The second-order valence-corrected chi connectivity index (χ2v) is 9.76. The molecule has 1 aromatic rings. The number of nitrogens with one attached hydrogen (secondary N) is 1. The van der Waals surface area contributed by atoms with E-state index in [-0.39, 0.29) is 36.1 Å². The Bertz CT molecular complexity index is 825. The maximum Gasteiger partial charge on any atom is 0.410 e. The monoisotopic (exact) mass is 571 g/mol. The number of likely N-dealkylation sites (tertiary alicyclic amines) is 1. The first-order chi connectivity index (χ1) is 15.2. The average molecular weight is 572 g/mol. The summed E-state index contributed by atoms with van der Waals surface area (Å²) < 4.78 is 5.70. The number of piperidine rings is 1. The number of hydrogen-bond acceptors (Lipinski definition) is 4. The van der Waals surface area contributed by atoms with Gasteiger partial charge in [-0.05, 0) is 70.1 Å². The zero-order chi connectivity index (χ0) is 23.3. The van der Waals surface area contributed by atoms with Crippen molar-refractivity contribution in [3.05, 3.63) is 35.4 Å². The Balaban J connectivity index is 0.00000385. The molecule has 2 aliphatic rings. The number of hydrogen-bond donors (Lipinski definition) is 2. The highest BCUT2D eigenvalue weighted by molar-refractivity contribution is 14.0. The molecule has 184 valence electrons. The van der Waals surface area contributed by atoms with Crippen LogP contribution in [-0.2, 0) is 11.3 Å².